The molecule has 5 nitrogen and oxygen atoms in total. The summed E-state index contributed by atoms with van der Waals surface area (Å²) >= 11 is 0. The van der Waals surface area contributed by atoms with Gasteiger partial charge in [0.2, 0.25) is 0 Å². The van der Waals surface area contributed by atoms with Crippen LogP contribution < -0.4 is 10.6 Å². The summed E-state index contributed by atoms with van der Waals surface area (Å²) in [5, 5.41) is 6.19. The first kappa shape index (κ1) is 12.4. The van der Waals surface area contributed by atoms with Gasteiger partial charge in [0.05, 0.1) is 30.1 Å². The number of aromatic nitrogens is 1. The molecule has 2 fully saturated rings. The van der Waals surface area contributed by atoms with Crippen LogP contribution in [0.15, 0.2) is 18.3 Å². The molecule has 0 aromatic carbocycles. The van der Waals surface area contributed by atoms with E-state index in [0.717, 1.165) is 31.5 Å². The molecular formula is C14H19N3O2. The lowest BCUT2D eigenvalue weighted by Crippen LogP contribution is -2.41. The largest absolute Gasteiger partial charge is 0.384 e. The van der Waals surface area contributed by atoms with Crippen molar-refractivity contribution in [1.82, 2.24) is 10.3 Å². The van der Waals surface area contributed by atoms with Crippen molar-refractivity contribution in [3.05, 3.63) is 24.0 Å². The Kier molecular flexibility index (Phi) is 3.38. The Labute approximate surface area is 112 Å². The van der Waals surface area contributed by atoms with E-state index in [9.17, 15) is 4.79 Å². The lowest BCUT2D eigenvalue weighted by molar-refractivity contribution is 0.0837. The van der Waals surface area contributed by atoms with Crippen LogP contribution in [0.4, 0.5) is 5.69 Å². The molecule has 2 saturated heterocycles. The van der Waals surface area contributed by atoms with Gasteiger partial charge in [-0.25, -0.2) is 4.98 Å². The predicted octanol–water partition coefficient (Wildman–Crippen LogP) is 1.56. The van der Waals surface area contributed by atoms with Crippen LogP contribution >= 0.6 is 0 Å². The Hall–Kier alpha value is -1.62. The van der Waals surface area contributed by atoms with E-state index in [2.05, 4.69) is 15.6 Å². The number of pyridine rings is 1. The van der Waals surface area contributed by atoms with E-state index in [-0.39, 0.29) is 18.1 Å². The molecule has 1 aromatic heterocycles. The molecule has 2 N–H and O–H groups in total. The van der Waals surface area contributed by atoms with E-state index in [4.69, 9.17) is 4.74 Å². The van der Waals surface area contributed by atoms with Crippen LogP contribution in [0.25, 0.3) is 0 Å². The number of hydrogen-bond acceptors (Lipinski definition) is 4. The van der Waals surface area contributed by atoms with Gasteiger partial charge in [-0.3, -0.25) is 4.79 Å². The highest BCUT2D eigenvalue weighted by Crippen LogP contribution is 2.34. The molecule has 19 heavy (non-hydrogen) atoms. The van der Waals surface area contributed by atoms with Gasteiger partial charge in [-0.2, -0.15) is 0 Å². The number of carbonyl (C=O) groups excluding carboxylic acids is 1. The summed E-state index contributed by atoms with van der Waals surface area (Å²) < 4.78 is 5.73. The second-order valence-electron chi connectivity index (χ2n) is 5.15. The Bertz CT molecular complexity index is 460. The van der Waals surface area contributed by atoms with Crippen LogP contribution in [-0.4, -0.2) is 35.7 Å². The molecule has 3 unspecified atom stereocenters. The topological polar surface area (TPSA) is 63.2 Å². The molecule has 5 heteroatoms. The van der Waals surface area contributed by atoms with Gasteiger partial charge in [0.15, 0.2) is 0 Å². The zero-order valence-electron chi connectivity index (χ0n) is 11.1. The standard InChI is InChI=1S/C14H19N3O2/c1-2-15-9-3-5-11(16-8-9)14(18)17-12-7-10-4-6-13(12)19-10/h3,5,8,10,12-13,15H,2,4,6-7H2,1H3,(H,17,18). The second-order valence-corrected chi connectivity index (χ2v) is 5.15. The third kappa shape index (κ3) is 2.56. The molecule has 0 spiro atoms. The van der Waals surface area contributed by atoms with Gasteiger partial charge in [-0.1, -0.05) is 0 Å². The minimum atomic E-state index is -0.107. The molecule has 0 radical (unpaired) electrons. The lowest BCUT2D eigenvalue weighted by Gasteiger charge is -2.19. The summed E-state index contributed by atoms with van der Waals surface area (Å²) in [7, 11) is 0. The molecule has 3 rings (SSSR count). The number of nitrogens with one attached hydrogen (secondary N) is 2. The maximum Gasteiger partial charge on any atom is 0.270 e. The van der Waals surface area contributed by atoms with Crippen LogP contribution in [0.5, 0.6) is 0 Å². The van der Waals surface area contributed by atoms with Gasteiger partial charge in [-0.15, -0.1) is 0 Å². The number of nitrogens with zero attached hydrogens (tertiary/aromatic N) is 1. The van der Waals surface area contributed by atoms with Gasteiger partial charge < -0.3 is 15.4 Å². The summed E-state index contributed by atoms with van der Waals surface area (Å²) in [5.41, 5.74) is 1.40. The van der Waals surface area contributed by atoms with Crippen LogP contribution in [0.3, 0.4) is 0 Å². The lowest BCUT2D eigenvalue weighted by atomic mass is 9.95. The van der Waals surface area contributed by atoms with E-state index in [1.54, 1.807) is 12.3 Å². The number of hydrogen-bond donors (Lipinski definition) is 2. The van der Waals surface area contributed by atoms with Crippen LogP contribution in [-0.2, 0) is 4.74 Å². The first-order valence-electron chi connectivity index (χ1n) is 6.92. The highest BCUT2D eigenvalue weighted by Gasteiger charge is 2.41. The third-order valence-electron chi connectivity index (χ3n) is 3.80. The van der Waals surface area contributed by atoms with Gasteiger partial charge >= 0.3 is 0 Å². The maximum atomic E-state index is 12.1. The van der Waals surface area contributed by atoms with Crippen LogP contribution in [0.1, 0.15) is 36.7 Å². The molecule has 2 aliphatic rings. The quantitative estimate of drug-likeness (QED) is 0.863. The van der Waals surface area contributed by atoms with Gasteiger partial charge in [0, 0.05) is 6.54 Å². The SMILES string of the molecule is CCNc1ccc(C(=O)NC2CC3CCC2O3)nc1. The zero-order chi connectivity index (χ0) is 13.2. The van der Waals surface area contributed by atoms with E-state index in [1.807, 2.05) is 13.0 Å². The van der Waals surface area contributed by atoms with Crippen LogP contribution in [0.2, 0.25) is 0 Å². The van der Waals surface area contributed by atoms with Crippen molar-refractivity contribution >= 4 is 11.6 Å². The van der Waals surface area contributed by atoms with Crippen molar-refractivity contribution in [3.63, 3.8) is 0 Å². The van der Waals surface area contributed by atoms with Crippen LogP contribution in [0, 0.1) is 0 Å². The fourth-order valence-corrected chi connectivity index (χ4v) is 2.87. The Morgan fingerprint density at radius 3 is 2.95 bits per heavy atom. The minimum absolute atomic E-state index is 0.107. The number of carbonyl (C=O) groups is 1. The zero-order valence-corrected chi connectivity index (χ0v) is 11.1. The summed E-state index contributed by atoms with van der Waals surface area (Å²) in [5.74, 6) is -0.107. The molecule has 1 amide bonds. The first-order chi connectivity index (χ1) is 9.26. The fraction of sp³-hybridized carbons (Fsp3) is 0.571. The van der Waals surface area contributed by atoms with E-state index in [0.29, 0.717) is 11.8 Å². The molecular weight excluding hydrogens is 242 g/mol. The molecule has 3 heterocycles. The normalized spacial score (nSPS) is 28.4. The second kappa shape index (κ2) is 5.17. The number of anilines is 1. The first-order valence-corrected chi connectivity index (χ1v) is 6.92. The summed E-state index contributed by atoms with van der Waals surface area (Å²) in [6, 6.07) is 3.78. The number of rotatable bonds is 4. The molecule has 0 aliphatic carbocycles. The van der Waals surface area contributed by atoms with Crippen molar-refractivity contribution in [2.45, 2.75) is 44.4 Å². The molecule has 102 valence electrons. The van der Waals surface area contributed by atoms with Gasteiger partial charge in [-0.05, 0) is 38.3 Å². The van der Waals surface area contributed by atoms with E-state index >= 15 is 0 Å². The van der Waals surface area contributed by atoms with Crippen molar-refractivity contribution in [1.29, 1.82) is 0 Å². The molecule has 3 atom stereocenters. The Morgan fingerprint density at radius 2 is 2.37 bits per heavy atom. The smallest absolute Gasteiger partial charge is 0.270 e. The average Bonchev–Trinajstić information content (AvgIpc) is 3.02. The average molecular weight is 261 g/mol. The summed E-state index contributed by atoms with van der Waals surface area (Å²) in [6.45, 7) is 2.87. The minimum Gasteiger partial charge on any atom is -0.384 e. The monoisotopic (exact) mass is 261 g/mol. The van der Waals surface area contributed by atoms with Crippen molar-refractivity contribution in [3.8, 4) is 0 Å². The molecule has 0 saturated carbocycles. The van der Waals surface area contributed by atoms with Crippen molar-refractivity contribution in [2.75, 3.05) is 11.9 Å². The highest BCUT2D eigenvalue weighted by molar-refractivity contribution is 5.92. The van der Waals surface area contributed by atoms with Crippen molar-refractivity contribution < 1.29 is 9.53 Å². The number of fused-ring (bicyclic) bond motifs is 2. The number of ether oxygens (including phenoxy) is 1. The molecule has 1 aromatic rings. The Balaban J connectivity index is 1.60. The Morgan fingerprint density at radius 1 is 1.47 bits per heavy atom. The predicted molar refractivity (Wildman–Crippen MR) is 72.2 cm³/mol. The van der Waals surface area contributed by atoms with Gasteiger partial charge in [0.25, 0.3) is 5.91 Å². The summed E-state index contributed by atoms with van der Waals surface area (Å²) in [6.07, 6.45) is 5.37. The summed E-state index contributed by atoms with van der Waals surface area (Å²) in [4.78, 5) is 16.3. The molecule has 2 bridgehead atoms. The van der Waals surface area contributed by atoms with Gasteiger partial charge in [0.1, 0.15) is 5.69 Å². The third-order valence-corrected chi connectivity index (χ3v) is 3.80. The number of amides is 1. The van der Waals surface area contributed by atoms with Crippen molar-refractivity contribution in [2.24, 2.45) is 0 Å². The fourth-order valence-electron chi connectivity index (χ4n) is 2.87. The van der Waals surface area contributed by atoms with E-state index in [1.165, 1.54) is 0 Å². The maximum absolute atomic E-state index is 12.1. The molecule has 2 aliphatic heterocycles. The highest BCUT2D eigenvalue weighted by atomic mass is 16.5. The van der Waals surface area contributed by atoms with E-state index < -0.39 is 0 Å².